The molecule has 0 bridgehead atoms. The van der Waals surface area contributed by atoms with E-state index in [0.717, 1.165) is 30.4 Å². The van der Waals surface area contributed by atoms with Gasteiger partial charge in [-0.3, -0.25) is 4.79 Å². The normalized spacial score (nSPS) is 17.1. The Bertz CT molecular complexity index is 467. The molecule has 2 rings (SSSR count). The zero-order chi connectivity index (χ0) is 13.3. The van der Waals surface area contributed by atoms with Crippen LogP contribution in [0.3, 0.4) is 0 Å². The molecule has 1 fully saturated rings. The summed E-state index contributed by atoms with van der Waals surface area (Å²) in [7, 11) is 1.58. The standard InChI is InChI=1S/C15H20O3/c1-10-7-11(2)13(12(8-10)18-3)14(17)15(9-16)5-4-6-15/h7-8,16H,4-6,9H2,1-3H3. The van der Waals surface area contributed by atoms with E-state index in [-0.39, 0.29) is 12.4 Å². The summed E-state index contributed by atoms with van der Waals surface area (Å²) in [6.45, 7) is 3.84. The number of ketones is 1. The van der Waals surface area contributed by atoms with Gasteiger partial charge in [-0.25, -0.2) is 0 Å². The molecule has 0 aliphatic heterocycles. The Morgan fingerprint density at radius 2 is 2.06 bits per heavy atom. The number of methoxy groups -OCH3 is 1. The minimum atomic E-state index is -0.562. The summed E-state index contributed by atoms with van der Waals surface area (Å²) in [5.41, 5.74) is 2.08. The number of benzene rings is 1. The second kappa shape index (κ2) is 4.73. The van der Waals surface area contributed by atoms with Crippen LogP contribution in [0.5, 0.6) is 5.75 Å². The van der Waals surface area contributed by atoms with Crippen LogP contribution in [0.25, 0.3) is 0 Å². The number of hydrogen-bond acceptors (Lipinski definition) is 3. The van der Waals surface area contributed by atoms with E-state index >= 15 is 0 Å². The van der Waals surface area contributed by atoms with Crippen molar-refractivity contribution in [3.63, 3.8) is 0 Å². The summed E-state index contributed by atoms with van der Waals surface area (Å²) >= 11 is 0. The zero-order valence-electron chi connectivity index (χ0n) is 11.2. The van der Waals surface area contributed by atoms with Gasteiger partial charge in [0.25, 0.3) is 0 Å². The molecule has 0 unspecified atom stereocenters. The molecule has 3 nitrogen and oxygen atoms in total. The maximum Gasteiger partial charge on any atom is 0.175 e. The lowest BCUT2D eigenvalue weighted by Gasteiger charge is -2.39. The van der Waals surface area contributed by atoms with Gasteiger partial charge in [0.1, 0.15) is 5.75 Å². The van der Waals surface area contributed by atoms with Crippen LogP contribution >= 0.6 is 0 Å². The fraction of sp³-hybridized carbons (Fsp3) is 0.533. The molecule has 1 aliphatic carbocycles. The summed E-state index contributed by atoms with van der Waals surface area (Å²) < 4.78 is 5.33. The fourth-order valence-electron chi connectivity index (χ4n) is 2.71. The Morgan fingerprint density at radius 1 is 1.39 bits per heavy atom. The molecular weight excluding hydrogens is 228 g/mol. The third kappa shape index (κ3) is 1.93. The SMILES string of the molecule is COc1cc(C)cc(C)c1C(=O)C1(CO)CCC1. The maximum atomic E-state index is 12.7. The molecule has 1 aliphatic rings. The lowest BCUT2D eigenvalue weighted by atomic mass is 9.64. The van der Waals surface area contributed by atoms with Crippen molar-refractivity contribution in [2.24, 2.45) is 5.41 Å². The summed E-state index contributed by atoms with van der Waals surface area (Å²) in [4.78, 5) is 12.7. The van der Waals surface area contributed by atoms with Crippen LogP contribution in [0.15, 0.2) is 12.1 Å². The Balaban J connectivity index is 2.47. The molecule has 1 saturated carbocycles. The van der Waals surface area contributed by atoms with E-state index in [2.05, 4.69) is 0 Å². The van der Waals surface area contributed by atoms with Gasteiger partial charge in [-0.2, -0.15) is 0 Å². The maximum absolute atomic E-state index is 12.7. The Kier molecular flexibility index (Phi) is 3.44. The molecule has 0 atom stereocenters. The molecule has 0 saturated heterocycles. The van der Waals surface area contributed by atoms with Crippen molar-refractivity contribution in [1.82, 2.24) is 0 Å². The minimum absolute atomic E-state index is 0.0330. The monoisotopic (exact) mass is 248 g/mol. The predicted octanol–water partition coefficient (Wildman–Crippen LogP) is 2.66. The van der Waals surface area contributed by atoms with Crippen molar-refractivity contribution < 1.29 is 14.6 Å². The number of ether oxygens (including phenoxy) is 1. The van der Waals surface area contributed by atoms with E-state index < -0.39 is 5.41 Å². The van der Waals surface area contributed by atoms with Gasteiger partial charge in [0.2, 0.25) is 0 Å². The molecule has 0 radical (unpaired) electrons. The number of rotatable bonds is 4. The van der Waals surface area contributed by atoms with Gasteiger partial charge >= 0.3 is 0 Å². The summed E-state index contributed by atoms with van der Waals surface area (Å²) in [6.07, 6.45) is 2.57. The van der Waals surface area contributed by atoms with Crippen LogP contribution in [-0.2, 0) is 0 Å². The van der Waals surface area contributed by atoms with Gasteiger partial charge < -0.3 is 9.84 Å². The predicted molar refractivity (Wildman–Crippen MR) is 70.2 cm³/mol. The second-order valence-corrected chi connectivity index (χ2v) is 5.28. The minimum Gasteiger partial charge on any atom is -0.496 e. The molecule has 0 aromatic heterocycles. The number of aliphatic hydroxyl groups is 1. The zero-order valence-corrected chi connectivity index (χ0v) is 11.2. The first-order chi connectivity index (χ1) is 8.54. The van der Waals surface area contributed by atoms with Crippen LogP contribution in [0.2, 0.25) is 0 Å². The van der Waals surface area contributed by atoms with Crippen LogP contribution in [0.4, 0.5) is 0 Å². The van der Waals surface area contributed by atoms with E-state index in [4.69, 9.17) is 4.74 Å². The van der Waals surface area contributed by atoms with Crippen molar-refractivity contribution in [2.75, 3.05) is 13.7 Å². The van der Waals surface area contributed by atoms with Crippen LogP contribution < -0.4 is 4.74 Å². The van der Waals surface area contributed by atoms with Crippen molar-refractivity contribution >= 4 is 5.78 Å². The highest BCUT2D eigenvalue weighted by Gasteiger charge is 2.45. The average Bonchev–Trinajstić information content (AvgIpc) is 2.26. The van der Waals surface area contributed by atoms with Gasteiger partial charge in [0, 0.05) is 0 Å². The number of carbonyl (C=O) groups excluding carboxylic acids is 1. The van der Waals surface area contributed by atoms with Gasteiger partial charge in [0.15, 0.2) is 5.78 Å². The van der Waals surface area contributed by atoms with Gasteiger partial charge in [-0.05, 0) is 43.9 Å². The molecule has 0 amide bonds. The van der Waals surface area contributed by atoms with Gasteiger partial charge in [-0.15, -0.1) is 0 Å². The highest BCUT2D eigenvalue weighted by atomic mass is 16.5. The second-order valence-electron chi connectivity index (χ2n) is 5.28. The number of hydrogen-bond donors (Lipinski definition) is 1. The molecule has 3 heteroatoms. The van der Waals surface area contributed by atoms with E-state index in [9.17, 15) is 9.90 Å². The van der Waals surface area contributed by atoms with Gasteiger partial charge in [-0.1, -0.05) is 12.5 Å². The average molecular weight is 248 g/mol. The number of aryl methyl sites for hydroxylation is 2. The topological polar surface area (TPSA) is 46.5 Å². The van der Waals surface area contributed by atoms with Crippen LogP contribution in [0.1, 0.15) is 40.7 Å². The van der Waals surface area contributed by atoms with E-state index in [1.54, 1.807) is 7.11 Å². The molecule has 1 aromatic rings. The smallest absolute Gasteiger partial charge is 0.175 e. The Labute approximate surface area is 108 Å². The summed E-state index contributed by atoms with van der Waals surface area (Å²) in [6, 6.07) is 3.86. The molecule has 98 valence electrons. The quantitative estimate of drug-likeness (QED) is 0.833. The first kappa shape index (κ1) is 13.1. The van der Waals surface area contributed by atoms with Crippen LogP contribution in [-0.4, -0.2) is 24.6 Å². The molecule has 0 spiro atoms. The van der Waals surface area contributed by atoms with Crippen molar-refractivity contribution in [2.45, 2.75) is 33.1 Å². The summed E-state index contributed by atoms with van der Waals surface area (Å²) in [5.74, 6) is 0.655. The third-order valence-corrected chi connectivity index (χ3v) is 3.99. The Morgan fingerprint density at radius 3 is 2.50 bits per heavy atom. The first-order valence-corrected chi connectivity index (χ1v) is 6.35. The Hall–Kier alpha value is -1.35. The molecule has 18 heavy (non-hydrogen) atoms. The fourth-order valence-corrected chi connectivity index (χ4v) is 2.71. The van der Waals surface area contributed by atoms with Crippen molar-refractivity contribution in [3.8, 4) is 5.75 Å². The highest BCUT2D eigenvalue weighted by molar-refractivity contribution is 6.04. The molecule has 1 aromatic carbocycles. The van der Waals surface area contributed by atoms with Gasteiger partial charge in [0.05, 0.1) is 24.7 Å². The third-order valence-electron chi connectivity index (χ3n) is 3.99. The number of aliphatic hydroxyl groups excluding tert-OH is 1. The largest absolute Gasteiger partial charge is 0.496 e. The van der Waals surface area contributed by atoms with E-state index in [1.807, 2.05) is 26.0 Å². The molecule has 0 heterocycles. The van der Waals surface area contributed by atoms with E-state index in [1.165, 1.54) is 0 Å². The van der Waals surface area contributed by atoms with Crippen molar-refractivity contribution in [3.05, 3.63) is 28.8 Å². The number of Topliss-reactive ketones (excluding diaryl/α,β-unsaturated/α-hetero) is 1. The van der Waals surface area contributed by atoms with E-state index in [0.29, 0.717) is 11.3 Å². The molecule has 1 N–H and O–H groups in total. The lowest BCUT2D eigenvalue weighted by molar-refractivity contribution is 0.0344. The molecular formula is C15H20O3. The summed E-state index contributed by atoms with van der Waals surface area (Å²) in [5, 5.41) is 9.52. The lowest BCUT2D eigenvalue weighted by Crippen LogP contribution is -2.41. The number of carbonyl (C=O) groups is 1. The van der Waals surface area contributed by atoms with Crippen LogP contribution in [0, 0.1) is 19.3 Å². The highest BCUT2D eigenvalue weighted by Crippen LogP contribution is 2.45. The first-order valence-electron chi connectivity index (χ1n) is 6.35. The van der Waals surface area contributed by atoms with Crippen molar-refractivity contribution in [1.29, 1.82) is 0 Å².